The molecular formula is C11H10N2O3. The Morgan fingerprint density at radius 1 is 1.44 bits per heavy atom. The van der Waals surface area contributed by atoms with E-state index in [1.165, 1.54) is 12.5 Å². The predicted molar refractivity (Wildman–Crippen MR) is 56.3 cm³/mol. The van der Waals surface area contributed by atoms with Gasteiger partial charge in [-0.2, -0.15) is 0 Å². The minimum Gasteiger partial charge on any atom is -0.805 e. The molecule has 5 heteroatoms. The Morgan fingerprint density at radius 2 is 2.31 bits per heavy atom. The van der Waals surface area contributed by atoms with Crippen LogP contribution in [0, 0.1) is 10.1 Å². The Kier molecular flexibility index (Phi) is 1.86. The van der Waals surface area contributed by atoms with Crippen molar-refractivity contribution >= 4 is 0 Å². The molecular weight excluding hydrogens is 208 g/mol. The monoisotopic (exact) mass is 218 g/mol. The van der Waals surface area contributed by atoms with Crippen LogP contribution in [0.4, 0.5) is 0 Å². The lowest BCUT2D eigenvalue weighted by Gasteiger charge is -2.16. The topological polar surface area (TPSA) is 64.1 Å². The van der Waals surface area contributed by atoms with E-state index < -0.39 is 0 Å². The van der Waals surface area contributed by atoms with Crippen LogP contribution >= 0.6 is 0 Å². The molecule has 0 radical (unpaired) electrons. The molecule has 0 bridgehead atoms. The fourth-order valence-electron chi connectivity index (χ4n) is 2.14. The fraction of sp³-hybridized carbons (Fsp3) is 0.273. The van der Waals surface area contributed by atoms with Crippen molar-refractivity contribution in [3.05, 3.63) is 46.1 Å². The third kappa shape index (κ3) is 1.18. The molecule has 2 aromatic heterocycles. The summed E-state index contributed by atoms with van der Waals surface area (Å²) in [6, 6.07) is 3.36. The maximum absolute atomic E-state index is 12.0. The van der Waals surface area contributed by atoms with Gasteiger partial charge in [-0.25, -0.2) is 0 Å². The first kappa shape index (κ1) is 9.21. The molecule has 5 nitrogen and oxygen atoms in total. The minimum absolute atomic E-state index is 0.278. The lowest BCUT2D eigenvalue weighted by Crippen LogP contribution is -2.24. The van der Waals surface area contributed by atoms with E-state index >= 15 is 0 Å². The Balaban J connectivity index is 2.29. The zero-order valence-corrected chi connectivity index (χ0v) is 8.55. The van der Waals surface area contributed by atoms with Gasteiger partial charge in [0, 0.05) is 11.3 Å². The number of aromatic nitrogens is 2. The molecule has 2 aromatic rings. The van der Waals surface area contributed by atoms with Crippen LogP contribution < -0.4 is 4.43 Å². The summed E-state index contributed by atoms with van der Waals surface area (Å²) in [5.74, 6) is 0.425. The number of fused-ring (bicyclic) bond motifs is 1. The highest BCUT2D eigenvalue weighted by molar-refractivity contribution is 5.51. The summed E-state index contributed by atoms with van der Waals surface area (Å²) in [6.07, 6.45) is 4.98. The SMILES string of the molecule is O=[n+]1cc(-c2ccco2)n([O-])c2c1CCC2. The van der Waals surface area contributed by atoms with Gasteiger partial charge < -0.3 is 14.4 Å². The third-order valence-electron chi connectivity index (χ3n) is 2.90. The average Bonchev–Trinajstić information content (AvgIpc) is 2.92. The molecule has 0 saturated heterocycles. The van der Waals surface area contributed by atoms with Gasteiger partial charge in [0.2, 0.25) is 0 Å². The molecule has 1 aliphatic carbocycles. The van der Waals surface area contributed by atoms with Crippen LogP contribution in [0.15, 0.2) is 29.0 Å². The molecule has 0 unspecified atom stereocenters. The zero-order valence-electron chi connectivity index (χ0n) is 8.55. The number of furan rings is 1. The van der Waals surface area contributed by atoms with E-state index in [0.29, 0.717) is 30.0 Å². The van der Waals surface area contributed by atoms with Crippen molar-refractivity contribution in [1.29, 1.82) is 0 Å². The van der Waals surface area contributed by atoms with Crippen molar-refractivity contribution in [3.63, 3.8) is 0 Å². The van der Waals surface area contributed by atoms with Gasteiger partial charge in [0.25, 0.3) is 11.9 Å². The van der Waals surface area contributed by atoms with Gasteiger partial charge in [-0.3, -0.25) is 0 Å². The van der Waals surface area contributed by atoms with Gasteiger partial charge in [0.1, 0.15) is 5.69 Å². The summed E-state index contributed by atoms with van der Waals surface area (Å²) in [6.45, 7) is 0. The standard InChI is InChI=1S/C11H10N2O3/c14-12-7-10(11-5-2-6-16-11)13(15)9-4-1-3-8(9)12/h2,5-7H,1,3-4H2. The molecule has 1 aliphatic rings. The van der Waals surface area contributed by atoms with Gasteiger partial charge >= 0.3 is 0 Å². The molecule has 3 rings (SSSR count). The summed E-state index contributed by atoms with van der Waals surface area (Å²) < 4.78 is 6.74. The van der Waals surface area contributed by atoms with Gasteiger partial charge in [0.15, 0.2) is 5.76 Å². The zero-order chi connectivity index (χ0) is 11.1. The number of nitrogens with zero attached hydrogens (tertiary/aromatic N) is 2. The summed E-state index contributed by atoms with van der Waals surface area (Å²) >= 11 is 0. The molecule has 0 amide bonds. The van der Waals surface area contributed by atoms with Crippen molar-refractivity contribution in [2.24, 2.45) is 0 Å². The van der Waals surface area contributed by atoms with Crippen molar-refractivity contribution in [2.75, 3.05) is 0 Å². The van der Waals surface area contributed by atoms with Crippen LogP contribution in [-0.2, 0) is 12.8 Å². The van der Waals surface area contributed by atoms with Gasteiger partial charge in [-0.15, -0.1) is 0 Å². The van der Waals surface area contributed by atoms with Crippen LogP contribution in [0.3, 0.4) is 0 Å². The highest BCUT2D eigenvalue weighted by Crippen LogP contribution is 2.24. The van der Waals surface area contributed by atoms with E-state index in [2.05, 4.69) is 0 Å². The van der Waals surface area contributed by atoms with Crippen molar-refractivity contribution < 1.29 is 8.84 Å². The smallest absolute Gasteiger partial charge is 0.258 e. The predicted octanol–water partition coefficient (Wildman–Crippen LogP) is 1.50. The summed E-state index contributed by atoms with van der Waals surface area (Å²) in [7, 11) is 0. The van der Waals surface area contributed by atoms with E-state index in [1.807, 2.05) is 0 Å². The van der Waals surface area contributed by atoms with Crippen molar-refractivity contribution in [2.45, 2.75) is 19.3 Å². The number of rotatable bonds is 1. The second kappa shape index (κ2) is 3.23. The number of hydrogen-bond acceptors (Lipinski definition) is 3. The fourth-order valence-corrected chi connectivity index (χ4v) is 2.14. The van der Waals surface area contributed by atoms with E-state index in [1.54, 1.807) is 12.1 Å². The third-order valence-corrected chi connectivity index (χ3v) is 2.90. The maximum atomic E-state index is 12.0. The molecule has 16 heavy (non-hydrogen) atoms. The largest absolute Gasteiger partial charge is 0.805 e. The van der Waals surface area contributed by atoms with Crippen LogP contribution in [-0.4, -0.2) is 4.73 Å². The van der Waals surface area contributed by atoms with Gasteiger partial charge in [-0.05, 0) is 25.0 Å². The van der Waals surface area contributed by atoms with E-state index in [4.69, 9.17) is 4.42 Å². The lowest BCUT2D eigenvalue weighted by atomic mass is 10.3. The Bertz CT molecular complexity index is 584. The Morgan fingerprint density at radius 3 is 3.06 bits per heavy atom. The first-order valence-corrected chi connectivity index (χ1v) is 5.19. The molecule has 0 N–H and O–H groups in total. The first-order valence-electron chi connectivity index (χ1n) is 5.19. The lowest BCUT2D eigenvalue weighted by molar-refractivity contribution is -0.504. The van der Waals surface area contributed by atoms with Crippen LogP contribution in [0.25, 0.3) is 11.5 Å². The average molecular weight is 218 g/mol. The summed E-state index contributed by atoms with van der Waals surface area (Å²) in [5, 5.41) is 12.0. The Hall–Kier alpha value is -2.04. The van der Waals surface area contributed by atoms with E-state index in [-0.39, 0.29) is 5.69 Å². The molecule has 0 saturated carbocycles. The highest BCUT2D eigenvalue weighted by Gasteiger charge is 2.25. The first-order chi connectivity index (χ1) is 7.77. The van der Waals surface area contributed by atoms with Crippen LogP contribution in [0.5, 0.6) is 0 Å². The second-order valence-corrected chi connectivity index (χ2v) is 3.86. The molecule has 0 fully saturated rings. The highest BCUT2D eigenvalue weighted by atomic mass is 16.5. The molecule has 0 spiro atoms. The maximum Gasteiger partial charge on any atom is 0.258 e. The van der Waals surface area contributed by atoms with Crippen molar-refractivity contribution in [3.8, 4) is 11.5 Å². The minimum atomic E-state index is 0.278. The summed E-state index contributed by atoms with van der Waals surface area (Å²) in [4.78, 5) is 11.7. The number of hydrogen-bond donors (Lipinski definition) is 0. The van der Waals surface area contributed by atoms with E-state index in [0.717, 1.165) is 15.6 Å². The molecule has 2 heterocycles. The quantitative estimate of drug-likeness (QED) is 0.681. The molecule has 0 atom stereocenters. The van der Waals surface area contributed by atoms with Gasteiger partial charge in [-0.1, -0.05) is 0 Å². The molecule has 82 valence electrons. The molecule has 0 aromatic carbocycles. The van der Waals surface area contributed by atoms with Crippen molar-refractivity contribution in [1.82, 2.24) is 4.73 Å². The Labute approximate surface area is 91.1 Å². The van der Waals surface area contributed by atoms with E-state index in [9.17, 15) is 10.1 Å². The summed E-state index contributed by atoms with van der Waals surface area (Å²) in [5.41, 5.74) is 1.44. The van der Waals surface area contributed by atoms with Gasteiger partial charge in [0.05, 0.1) is 16.4 Å². The second-order valence-electron chi connectivity index (χ2n) is 3.86. The van der Waals surface area contributed by atoms with Crippen LogP contribution in [0.2, 0.25) is 0 Å². The molecule has 0 aliphatic heterocycles. The van der Waals surface area contributed by atoms with Crippen LogP contribution in [0.1, 0.15) is 17.8 Å². The normalized spacial score (nSPS) is 14.0.